The minimum atomic E-state index is 0.939. The molecule has 1 aromatic rings. The first-order chi connectivity index (χ1) is 6.45. The summed E-state index contributed by atoms with van der Waals surface area (Å²) in [6.07, 6.45) is 6.35. The standard InChI is InChI=1S/C11H10N2/c1-3-9-4-2-7-13-8-6-12-10(5-1)11(9)13/h1-6H,7-8H2. The molecule has 0 amide bonds. The van der Waals surface area contributed by atoms with Gasteiger partial charge >= 0.3 is 0 Å². The number of aliphatic imine (C=N–C) groups is 1. The van der Waals surface area contributed by atoms with E-state index in [9.17, 15) is 0 Å². The molecule has 0 radical (unpaired) electrons. The van der Waals surface area contributed by atoms with Crippen molar-refractivity contribution in [2.45, 2.75) is 0 Å². The Morgan fingerprint density at radius 2 is 2.23 bits per heavy atom. The van der Waals surface area contributed by atoms with Crippen molar-refractivity contribution >= 4 is 23.7 Å². The molecule has 0 saturated heterocycles. The minimum Gasteiger partial charge on any atom is -0.360 e. The molecule has 0 unspecified atom stereocenters. The van der Waals surface area contributed by atoms with Crippen molar-refractivity contribution in [3.63, 3.8) is 0 Å². The highest BCUT2D eigenvalue weighted by molar-refractivity contribution is 5.88. The quantitative estimate of drug-likeness (QED) is 0.583. The van der Waals surface area contributed by atoms with Crippen molar-refractivity contribution in [3.8, 4) is 0 Å². The molecule has 64 valence electrons. The van der Waals surface area contributed by atoms with Gasteiger partial charge in [-0.1, -0.05) is 24.3 Å². The van der Waals surface area contributed by atoms with E-state index in [1.807, 2.05) is 6.21 Å². The highest BCUT2D eigenvalue weighted by Gasteiger charge is 2.17. The van der Waals surface area contributed by atoms with E-state index in [0.29, 0.717) is 0 Å². The largest absolute Gasteiger partial charge is 0.360 e. The van der Waals surface area contributed by atoms with Gasteiger partial charge in [0.1, 0.15) is 0 Å². The van der Waals surface area contributed by atoms with Crippen LogP contribution in [0.3, 0.4) is 0 Å². The molecule has 13 heavy (non-hydrogen) atoms. The lowest BCUT2D eigenvalue weighted by molar-refractivity contribution is 0.962. The van der Waals surface area contributed by atoms with Crippen LogP contribution >= 0.6 is 0 Å². The Morgan fingerprint density at radius 1 is 1.23 bits per heavy atom. The summed E-state index contributed by atoms with van der Waals surface area (Å²) in [5, 5.41) is 0. The van der Waals surface area contributed by atoms with Gasteiger partial charge in [0, 0.05) is 12.8 Å². The van der Waals surface area contributed by atoms with Gasteiger partial charge in [-0.2, -0.15) is 0 Å². The van der Waals surface area contributed by atoms with E-state index < -0.39 is 0 Å². The maximum Gasteiger partial charge on any atom is 0.0866 e. The molecule has 0 spiro atoms. The first kappa shape index (κ1) is 6.89. The second kappa shape index (κ2) is 2.46. The average Bonchev–Trinajstić information content (AvgIpc) is 2.19. The van der Waals surface area contributed by atoms with Gasteiger partial charge in [-0.05, 0) is 11.6 Å². The van der Waals surface area contributed by atoms with E-state index in [2.05, 4.69) is 40.2 Å². The molecule has 1 aromatic carbocycles. The normalized spacial score (nSPS) is 17.4. The molecule has 2 heterocycles. The third-order valence-electron chi connectivity index (χ3n) is 2.52. The van der Waals surface area contributed by atoms with Crippen molar-refractivity contribution in [2.75, 3.05) is 18.0 Å². The maximum absolute atomic E-state index is 4.39. The zero-order chi connectivity index (χ0) is 8.67. The molecule has 0 aromatic heterocycles. The van der Waals surface area contributed by atoms with Crippen LogP contribution in [-0.2, 0) is 0 Å². The zero-order valence-corrected chi connectivity index (χ0v) is 7.27. The van der Waals surface area contributed by atoms with Gasteiger partial charge in [0.15, 0.2) is 0 Å². The van der Waals surface area contributed by atoms with Crippen molar-refractivity contribution in [1.82, 2.24) is 0 Å². The first-order valence-electron chi connectivity index (χ1n) is 4.52. The summed E-state index contributed by atoms with van der Waals surface area (Å²) in [6, 6.07) is 6.27. The Labute approximate surface area is 77.2 Å². The Balaban J connectivity index is 2.31. The fourth-order valence-electron chi connectivity index (χ4n) is 1.93. The average molecular weight is 170 g/mol. The lowest BCUT2D eigenvalue weighted by atomic mass is 10.1. The number of para-hydroxylation sites is 1. The van der Waals surface area contributed by atoms with Gasteiger partial charge in [-0.3, -0.25) is 4.99 Å². The number of nitrogens with zero attached hydrogens (tertiary/aromatic N) is 2. The predicted molar refractivity (Wildman–Crippen MR) is 55.8 cm³/mol. The summed E-state index contributed by atoms with van der Waals surface area (Å²) in [6.45, 7) is 1.95. The smallest absolute Gasteiger partial charge is 0.0866 e. The topological polar surface area (TPSA) is 15.6 Å². The molecule has 2 aliphatic rings. The van der Waals surface area contributed by atoms with Gasteiger partial charge in [-0.25, -0.2) is 0 Å². The van der Waals surface area contributed by atoms with Crippen LogP contribution in [0.2, 0.25) is 0 Å². The van der Waals surface area contributed by atoms with Gasteiger partial charge in [0.2, 0.25) is 0 Å². The first-order valence-corrected chi connectivity index (χ1v) is 4.52. The molecule has 0 aliphatic carbocycles. The Hall–Kier alpha value is -1.57. The molecule has 2 heteroatoms. The molecule has 0 fully saturated rings. The highest BCUT2D eigenvalue weighted by Crippen LogP contribution is 2.36. The lowest BCUT2D eigenvalue weighted by Gasteiger charge is -2.30. The van der Waals surface area contributed by atoms with E-state index in [4.69, 9.17) is 0 Å². The molecule has 0 atom stereocenters. The molecule has 0 bridgehead atoms. The zero-order valence-electron chi connectivity index (χ0n) is 7.27. The summed E-state index contributed by atoms with van der Waals surface area (Å²) >= 11 is 0. The van der Waals surface area contributed by atoms with Crippen molar-refractivity contribution in [2.24, 2.45) is 4.99 Å². The Morgan fingerprint density at radius 3 is 3.23 bits per heavy atom. The fourth-order valence-corrected chi connectivity index (χ4v) is 1.93. The van der Waals surface area contributed by atoms with Crippen LogP contribution in [0, 0.1) is 0 Å². The number of anilines is 1. The summed E-state index contributed by atoms with van der Waals surface area (Å²) in [4.78, 5) is 6.73. The second-order valence-corrected chi connectivity index (χ2v) is 3.33. The van der Waals surface area contributed by atoms with Crippen LogP contribution < -0.4 is 4.90 Å². The van der Waals surface area contributed by atoms with Crippen LogP contribution in [0.4, 0.5) is 11.4 Å². The minimum absolute atomic E-state index is 0.939. The molecule has 0 N–H and O–H groups in total. The van der Waals surface area contributed by atoms with Crippen LogP contribution in [0.15, 0.2) is 29.3 Å². The van der Waals surface area contributed by atoms with E-state index in [1.165, 1.54) is 11.3 Å². The van der Waals surface area contributed by atoms with Crippen molar-refractivity contribution in [1.29, 1.82) is 0 Å². The molecule has 2 aliphatic heterocycles. The van der Waals surface area contributed by atoms with Crippen LogP contribution in [-0.4, -0.2) is 19.3 Å². The lowest BCUT2D eigenvalue weighted by Crippen LogP contribution is -2.29. The van der Waals surface area contributed by atoms with Crippen LogP contribution in [0.1, 0.15) is 5.56 Å². The highest BCUT2D eigenvalue weighted by atomic mass is 15.2. The van der Waals surface area contributed by atoms with E-state index in [0.717, 1.165) is 18.8 Å². The molecule has 2 nitrogen and oxygen atoms in total. The Kier molecular flexibility index (Phi) is 1.30. The summed E-state index contributed by atoms with van der Waals surface area (Å²) in [5.41, 5.74) is 3.70. The SMILES string of the molecule is C1=Cc2cccc3c2N(C1)CC=N3. The number of rotatable bonds is 0. The van der Waals surface area contributed by atoms with Gasteiger partial charge < -0.3 is 4.90 Å². The van der Waals surface area contributed by atoms with Crippen molar-refractivity contribution < 1.29 is 0 Å². The van der Waals surface area contributed by atoms with E-state index in [-0.39, 0.29) is 0 Å². The second-order valence-electron chi connectivity index (χ2n) is 3.33. The number of benzene rings is 1. The molecule has 0 saturated carbocycles. The molecular weight excluding hydrogens is 160 g/mol. The van der Waals surface area contributed by atoms with Crippen LogP contribution in [0.25, 0.3) is 6.08 Å². The monoisotopic (exact) mass is 170 g/mol. The third kappa shape index (κ3) is 0.917. The predicted octanol–water partition coefficient (Wildman–Crippen LogP) is 2.24. The van der Waals surface area contributed by atoms with E-state index in [1.54, 1.807) is 0 Å². The fraction of sp³-hybridized carbons (Fsp3) is 0.182. The van der Waals surface area contributed by atoms with Gasteiger partial charge in [-0.15, -0.1) is 0 Å². The van der Waals surface area contributed by atoms with Gasteiger partial charge in [0.25, 0.3) is 0 Å². The van der Waals surface area contributed by atoms with Crippen molar-refractivity contribution in [3.05, 3.63) is 29.8 Å². The number of hydrogen-bond acceptors (Lipinski definition) is 2. The maximum atomic E-state index is 4.39. The van der Waals surface area contributed by atoms with Crippen LogP contribution in [0.5, 0.6) is 0 Å². The summed E-state index contributed by atoms with van der Waals surface area (Å²) in [5.74, 6) is 0. The summed E-state index contributed by atoms with van der Waals surface area (Å²) < 4.78 is 0. The van der Waals surface area contributed by atoms with Gasteiger partial charge in [0.05, 0.1) is 17.9 Å². The summed E-state index contributed by atoms with van der Waals surface area (Å²) in [7, 11) is 0. The third-order valence-corrected chi connectivity index (χ3v) is 2.52. The Bertz CT molecular complexity index is 370. The molecular formula is C11H10N2. The molecule has 3 rings (SSSR count). The van der Waals surface area contributed by atoms with E-state index >= 15 is 0 Å². The number of hydrogen-bond donors (Lipinski definition) is 0.